The number of carbonyl (C=O) groups is 5. The predicted octanol–water partition coefficient (Wildman–Crippen LogP) is 3.98. The molecule has 15 heteroatoms. The van der Waals surface area contributed by atoms with E-state index in [4.69, 9.17) is 34.2 Å². The number of esters is 1. The molecule has 14 atom stereocenters. The fourth-order valence-corrected chi connectivity index (χ4v) is 9.75. The number of rotatable bonds is 9. The molecule has 4 N–H and O–H groups in total. The number of ketones is 2. The molecule has 15 nitrogen and oxygen atoms in total. The van der Waals surface area contributed by atoms with E-state index in [1.54, 1.807) is 21.0 Å². The molecule has 4 aliphatic rings. The van der Waals surface area contributed by atoms with Crippen LogP contribution in [0.3, 0.4) is 0 Å². The number of allylic oxidation sites excluding steroid dienone is 3. The van der Waals surface area contributed by atoms with Crippen LogP contribution in [-0.2, 0) is 52.4 Å². The molecule has 1 aliphatic carbocycles. The lowest BCUT2D eigenvalue weighted by Gasteiger charge is -2.47. The molecule has 3 aliphatic heterocycles. The fraction of sp³-hybridized carbons (Fsp3) is 0.800. The minimum absolute atomic E-state index is 0.0223. The van der Waals surface area contributed by atoms with Crippen LogP contribution in [0.25, 0.3) is 0 Å². The second kappa shape index (κ2) is 22.3. The lowest BCUT2D eigenvalue weighted by Crippen LogP contribution is -2.64. The molecule has 2 saturated heterocycles. The van der Waals surface area contributed by atoms with Crippen molar-refractivity contribution in [3.05, 3.63) is 23.3 Å². The summed E-state index contributed by atoms with van der Waals surface area (Å²) in [5.74, 6) is -8.27. The maximum atomic E-state index is 14.4. The van der Waals surface area contributed by atoms with Crippen LogP contribution in [0, 0.1) is 29.6 Å². The number of cyclic esters (lactones) is 1. The molecule has 340 valence electrons. The van der Waals surface area contributed by atoms with Crippen LogP contribution >= 0.6 is 0 Å². The maximum Gasteiger partial charge on any atom is 0.329 e. The SMILES string of the molecule is CC[C@@H]1/C=C(\C)C[C@H](C)C[C@H](OC)[C@H]2O[C@@](O)(C(=O)C(=O)N3CCCC[C@H]3C(=O)O[C@H](/C(C)=C/[C@@H]3CC[C@@H](OCC(N)=O)[C@H](OC)C3)[C@H](C)[C@@H](O)CC1=O)[C@H](C)C[C@@H]2OC. The van der Waals surface area contributed by atoms with E-state index in [0.29, 0.717) is 56.9 Å². The number of nitrogens with zero attached hydrogens (tertiary/aromatic N) is 1. The third kappa shape index (κ3) is 12.1. The number of piperidine rings is 1. The topological polar surface area (TPSA) is 210 Å². The second-order valence-electron chi connectivity index (χ2n) is 17.9. The summed E-state index contributed by atoms with van der Waals surface area (Å²) in [5.41, 5.74) is 6.93. The quantitative estimate of drug-likeness (QED) is 0.171. The van der Waals surface area contributed by atoms with Crippen molar-refractivity contribution in [3.8, 4) is 0 Å². The summed E-state index contributed by atoms with van der Waals surface area (Å²) < 4.78 is 35.7. The Labute approximate surface area is 356 Å². The molecule has 60 heavy (non-hydrogen) atoms. The Hall–Kier alpha value is -3.05. The highest BCUT2D eigenvalue weighted by Gasteiger charge is 2.56. The van der Waals surface area contributed by atoms with Crippen LogP contribution in [0.4, 0.5) is 0 Å². The summed E-state index contributed by atoms with van der Waals surface area (Å²) in [7, 11) is 4.63. The summed E-state index contributed by atoms with van der Waals surface area (Å²) >= 11 is 0. The van der Waals surface area contributed by atoms with Crippen molar-refractivity contribution in [2.24, 2.45) is 35.3 Å². The Morgan fingerprint density at radius 2 is 1.62 bits per heavy atom. The van der Waals surface area contributed by atoms with Gasteiger partial charge in [0.1, 0.15) is 30.6 Å². The molecule has 0 spiro atoms. The smallest absolute Gasteiger partial charge is 0.329 e. The van der Waals surface area contributed by atoms with Gasteiger partial charge < -0.3 is 49.3 Å². The number of hydrogen-bond acceptors (Lipinski definition) is 13. The van der Waals surface area contributed by atoms with Gasteiger partial charge in [-0.25, -0.2) is 4.79 Å². The van der Waals surface area contributed by atoms with E-state index < -0.39 is 83.7 Å². The van der Waals surface area contributed by atoms with E-state index in [1.165, 1.54) is 19.1 Å². The molecule has 0 aromatic heterocycles. The van der Waals surface area contributed by atoms with Gasteiger partial charge >= 0.3 is 5.97 Å². The predicted molar refractivity (Wildman–Crippen MR) is 221 cm³/mol. The highest BCUT2D eigenvalue weighted by Crippen LogP contribution is 2.39. The van der Waals surface area contributed by atoms with Gasteiger partial charge in [-0.2, -0.15) is 0 Å². The van der Waals surface area contributed by atoms with Crippen molar-refractivity contribution in [2.45, 2.75) is 167 Å². The Morgan fingerprint density at radius 3 is 2.25 bits per heavy atom. The largest absolute Gasteiger partial charge is 0.456 e. The zero-order valence-electron chi connectivity index (χ0n) is 37.3. The zero-order valence-corrected chi connectivity index (χ0v) is 37.3. The van der Waals surface area contributed by atoms with Gasteiger partial charge in [0.05, 0.1) is 30.5 Å². The fourth-order valence-electron chi connectivity index (χ4n) is 9.75. The first-order chi connectivity index (χ1) is 28.4. The van der Waals surface area contributed by atoms with E-state index >= 15 is 0 Å². The molecule has 1 saturated carbocycles. The first kappa shape index (κ1) is 49.6. The van der Waals surface area contributed by atoms with Crippen LogP contribution in [-0.4, -0.2) is 134 Å². The molecular weight excluding hydrogens is 776 g/mol. The number of Topliss-reactive ketones (excluding diaryl/α,β-unsaturated/α-hetero) is 2. The Morgan fingerprint density at radius 1 is 0.950 bits per heavy atom. The third-order valence-electron chi connectivity index (χ3n) is 13.3. The van der Waals surface area contributed by atoms with Gasteiger partial charge in [-0.15, -0.1) is 0 Å². The number of amides is 2. The second-order valence-corrected chi connectivity index (χ2v) is 17.9. The van der Waals surface area contributed by atoms with Gasteiger partial charge in [-0.05, 0) is 95.5 Å². The normalized spacial score (nSPS) is 39.5. The average molecular weight is 849 g/mol. The van der Waals surface area contributed by atoms with Crippen molar-refractivity contribution in [3.63, 3.8) is 0 Å². The van der Waals surface area contributed by atoms with Crippen LogP contribution in [0.1, 0.15) is 112 Å². The average Bonchev–Trinajstić information content (AvgIpc) is 3.22. The number of fused-ring (bicyclic) bond motifs is 3. The molecule has 2 bridgehead atoms. The monoisotopic (exact) mass is 849 g/mol. The Balaban J connectivity index is 1.74. The zero-order chi connectivity index (χ0) is 44.5. The van der Waals surface area contributed by atoms with Crippen molar-refractivity contribution in [2.75, 3.05) is 34.5 Å². The highest BCUT2D eigenvalue weighted by molar-refractivity contribution is 6.39. The highest BCUT2D eigenvalue weighted by atomic mass is 16.7. The summed E-state index contributed by atoms with van der Waals surface area (Å²) in [4.78, 5) is 69.3. The van der Waals surface area contributed by atoms with E-state index in [-0.39, 0.29) is 62.2 Å². The first-order valence-electron chi connectivity index (χ1n) is 21.9. The number of aliphatic hydroxyl groups excluding tert-OH is 1. The first-order valence-corrected chi connectivity index (χ1v) is 21.9. The maximum absolute atomic E-state index is 14.4. The minimum Gasteiger partial charge on any atom is -0.456 e. The van der Waals surface area contributed by atoms with Crippen LogP contribution in [0.5, 0.6) is 0 Å². The molecule has 0 aromatic carbocycles. The summed E-state index contributed by atoms with van der Waals surface area (Å²) in [6.45, 7) is 11.0. The van der Waals surface area contributed by atoms with Gasteiger partial charge in [0.15, 0.2) is 0 Å². The van der Waals surface area contributed by atoms with E-state index in [0.717, 1.165) is 5.57 Å². The number of carbonyl (C=O) groups excluding carboxylic acids is 5. The number of primary amides is 1. The lowest BCUT2D eigenvalue weighted by atomic mass is 9.81. The molecule has 2 amide bonds. The van der Waals surface area contributed by atoms with Gasteiger partial charge in [0, 0.05) is 52.0 Å². The number of ether oxygens (including phenoxy) is 6. The van der Waals surface area contributed by atoms with Crippen LogP contribution in [0.2, 0.25) is 0 Å². The van der Waals surface area contributed by atoms with E-state index in [9.17, 15) is 34.2 Å². The number of methoxy groups -OCH3 is 3. The number of nitrogens with two attached hydrogens (primary N) is 1. The molecule has 3 fully saturated rings. The van der Waals surface area contributed by atoms with Gasteiger partial charge in [0.2, 0.25) is 11.7 Å². The van der Waals surface area contributed by atoms with E-state index in [2.05, 4.69) is 0 Å². The minimum atomic E-state index is -2.52. The van der Waals surface area contributed by atoms with Gasteiger partial charge in [0.25, 0.3) is 11.7 Å². The van der Waals surface area contributed by atoms with Gasteiger partial charge in [-0.3, -0.25) is 19.2 Å². The van der Waals surface area contributed by atoms with Gasteiger partial charge in [-0.1, -0.05) is 45.4 Å². The van der Waals surface area contributed by atoms with Crippen molar-refractivity contribution in [1.29, 1.82) is 0 Å². The standard InChI is InChI=1S/C45H72N2O13/c1-10-31-18-25(2)17-26(3)19-37(56-8)41-38(57-9)21-28(5)45(54,60-41)42(51)43(52)47-16-12-11-13-32(47)44(53)59-40(29(6)33(48)23-34(31)49)27(4)20-30-14-15-35(36(22-30)55-7)58-24-39(46)50/h18,20,26,28-33,35-38,40-41,48,54H,10-17,19,21-24H2,1-9H3,(H2,46,50)/b25-18+,27-20+/t26-,28+,29+,30-,31+,32-,33-,35+,36+,37-,38-,40+,41+,45+/m0/s1. The number of aliphatic hydroxyl groups is 2. The number of hydrogen-bond donors (Lipinski definition) is 3. The molecule has 0 radical (unpaired) electrons. The van der Waals surface area contributed by atoms with Crippen molar-refractivity contribution >= 4 is 29.4 Å². The van der Waals surface area contributed by atoms with Crippen LogP contribution < -0.4 is 5.73 Å². The summed E-state index contributed by atoms with van der Waals surface area (Å²) in [6.07, 6.45) is 3.78. The molecule has 0 aromatic rings. The lowest BCUT2D eigenvalue weighted by molar-refractivity contribution is -0.302. The van der Waals surface area contributed by atoms with Crippen molar-refractivity contribution in [1.82, 2.24) is 4.90 Å². The Kier molecular flexibility index (Phi) is 18.5. The summed E-state index contributed by atoms with van der Waals surface area (Å²) in [5, 5.41) is 23.8. The Bertz CT molecular complexity index is 1570. The van der Waals surface area contributed by atoms with E-state index in [1.807, 2.05) is 39.8 Å². The van der Waals surface area contributed by atoms with Crippen LogP contribution in [0.15, 0.2) is 23.3 Å². The molecule has 3 heterocycles. The van der Waals surface area contributed by atoms with Crippen molar-refractivity contribution < 1.29 is 62.6 Å². The molecule has 4 rings (SSSR count). The third-order valence-corrected chi connectivity index (χ3v) is 13.3. The molecule has 0 unspecified atom stereocenters. The summed E-state index contributed by atoms with van der Waals surface area (Å²) in [6, 6.07) is -1.16. The molecular formula is C45H72N2O13.